The lowest BCUT2D eigenvalue weighted by Crippen LogP contribution is -2.38. The van der Waals surface area contributed by atoms with E-state index in [4.69, 9.17) is 4.74 Å². The predicted molar refractivity (Wildman–Crippen MR) is 108 cm³/mol. The van der Waals surface area contributed by atoms with Crippen LogP contribution < -0.4 is 9.47 Å². The monoisotopic (exact) mass is 401 g/mol. The molecule has 0 heterocycles. The summed E-state index contributed by atoms with van der Waals surface area (Å²) in [6.45, 7) is -0.428. The van der Waals surface area contributed by atoms with E-state index in [9.17, 15) is 13.6 Å². The molecule has 154 valence electrons. The Kier molecular flexibility index (Phi) is 6.86. The first-order chi connectivity index (χ1) is 14.0. The third-order valence-corrected chi connectivity index (χ3v) is 5.12. The SMILES string of the molecule is COc1cccc(C=CC(=O)N(Cc2ccccc2)C(C)C2CC2)c1OC(F)F. The van der Waals surface area contributed by atoms with Crippen LogP contribution in [0.1, 0.15) is 30.9 Å². The van der Waals surface area contributed by atoms with Gasteiger partial charge in [0.1, 0.15) is 0 Å². The van der Waals surface area contributed by atoms with Crippen LogP contribution in [0.4, 0.5) is 8.78 Å². The number of hydrogen-bond acceptors (Lipinski definition) is 3. The van der Waals surface area contributed by atoms with Crippen LogP contribution in [0.15, 0.2) is 54.6 Å². The van der Waals surface area contributed by atoms with Crippen LogP contribution in [-0.2, 0) is 11.3 Å². The molecule has 0 saturated heterocycles. The average Bonchev–Trinajstić information content (AvgIpc) is 3.56. The molecule has 2 aromatic rings. The molecule has 4 nitrogen and oxygen atoms in total. The largest absolute Gasteiger partial charge is 0.493 e. The lowest BCUT2D eigenvalue weighted by Gasteiger charge is -2.28. The van der Waals surface area contributed by atoms with Gasteiger partial charge in [-0.15, -0.1) is 0 Å². The standard InChI is InChI=1S/C23H25F2NO3/c1-16(18-11-12-18)26(15-17-7-4-3-5-8-17)21(27)14-13-19-9-6-10-20(28-2)22(19)29-23(24)25/h3-10,13-14,16,18,23H,11-12,15H2,1-2H3. The summed E-state index contributed by atoms with van der Waals surface area (Å²) < 4.78 is 35.3. The van der Waals surface area contributed by atoms with Crippen molar-refractivity contribution in [3.63, 3.8) is 0 Å². The summed E-state index contributed by atoms with van der Waals surface area (Å²) >= 11 is 0. The van der Waals surface area contributed by atoms with Gasteiger partial charge >= 0.3 is 6.61 Å². The maximum Gasteiger partial charge on any atom is 0.387 e. The summed E-state index contributed by atoms with van der Waals surface area (Å²) in [4.78, 5) is 14.8. The van der Waals surface area contributed by atoms with E-state index in [1.165, 1.54) is 25.3 Å². The normalized spacial score (nSPS) is 14.8. The van der Waals surface area contributed by atoms with Crippen molar-refractivity contribution >= 4 is 12.0 Å². The fourth-order valence-corrected chi connectivity index (χ4v) is 3.33. The minimum absolute atomic E-state index is 0.0844. The molecular formula is C23H25F2NO3. The molecule has 0 N–H and O–H groups in total. The van der Waals surface area contributed by atoms with E-state index >= 15 is 0 Å². The molecule has 1 unspecified atom stereocenters. The predicted octanol–water partition coefficient (Wildman–Crippen LogP) is 5.14. The molecule has 0 bridgehead atoms. The van der Waals surface area contributed by atoms with Crippen LogP contribution in [0, 0.1) is 5.92 Å². The summed E-state index contributed by atoms with van der Waals surface area (Å²) in [5, 5.41) is 0. The zero-order valence-electron chi connectivity index (χ0n) is 16.6. The number of halogens is 2. The van der Waals surface area contributed by atoms with E-state index in [1.54, 1.807) is 12.1 Å². The number of para-hydroxylation sites is 1. The van der Waals surface area contributed by atoms with Gasteiger partial charge in [-0.3, -0.25) is 4.79 Å². The number of alkyl halides is 2. The number of amides is 1. The van der Waals surface area contributed by atoms with Crippen LogP contribution in [0.2, 0.25) is 0 Å². The maximum atomic E-state index is 13.0. The second kappa shape index (κ2) is 9.54. The number of carbonyl (C=O) groups excluding carboxylic acids is 1. The molecule has 3 rings (SSSR count). The minimum atomic E-state index is -2.99. The summed E-state index contributed by atoms with van der Waals surface area (Å²) in [7, 11) is 1.38. The Bertz CT molecular complexity index is 850. The van der Waals surface area contributed by atoms with E-state index in [2.05, 4.69) is 11.7 Å². The summed E-state index contributed by atoms with van der Waals surface area (Å²) in [6.07, 6.45) is 5.15. The highest BCUT2D eigenvalue weighted by molar-refractivity contribution is 5.92. The molecule has 0 radical (unpaired) electrons. The third kappa shape index (κ3) is 5.56. The van der Waals surface area contributed by atoms with Crippen molar-refractivity contribution in [2.24, 2.45) is 5.92 Å². The van der Waals surface area contributed by atoms with E-state index in [0.29, 0.717) is 18.0 Å². The lowest BCUT2D eigenvalue weighted by atomic mass is 10.1. The second-order valence-corrected chi connectivity index (χ2v) is 7.12. The van der Waals surface area contributed by atoms with Crippen LogP contribution >= 0.6 is 0 Å². The highest BCUT2D eigenvalue weighted by atomic mass is 19.3. The zero-order chi connectivity index (χ0) is 20.8. The van der Waals surface area contributed by atoms with Gasteiger partial charge in [0.25, 0.3) is 0 Å². The first kappa shape index (κ1) is 20.8. The van der Waals surface area contributed by atoms with Gasteiger partial charge in [-0.05, 0) is 43.4 Å². The van der Waals surface area contributed by atoms with Crippen LogP contribution in [0.5, 0.6) is 11.5 Å². The quantitative estimate of drug-likeness (QED) is 0.547. The summed E-state index contributed by atoms with van der Waals surface area (Å²) in [5.41, 5.74) is 1.40. The molecule has 1 amide bonds. The molecule has 0 aliphatic heterocycles. The Morgan fingerprint density at radius 2 is 1.90 bits per heavy atom. The summed E-state index contributed by atoms with van der Waals surface area (Å²) in [5.74, 6) is 0.441. The van der Waals surface area contributed by atoms with Gasteiger partial charge in [0.05, 0.1) is 7.11 Å². The molecule has 0 spiro atoms. The van der Waals surface area contributed by atoms with Crippen LogP contribution in [0.3, 0.4) is 0 Å². The number of rotatable bonds is 9. The number of hydrogen-bond donors (Lipinski definition) is 0. The van der Waals surface area contributed by atoms with E-state index in [1.807, 2.05) is 35.2 Å². The Balaban J connectivity index is 1.82. The Morgan fingerprint density at radius 3 is 2.52 bits per heavy atom. The average molecular weight is 401 g/mol. The number of ether oxygens (including phenoxy) is 2. The maximum absolute atomic E-state index is 13.0. The molecule has 0 aromatic heterocycles. The van der Waals surface area contributed by atoms with Crippen molar-refractivity contribution in [3.05, 3.63) is 65.7 Å². The number of carbonyl (C=O) groups is 1. The molecule has 1 fully saturated rings. The number of nitrogens with zero attached hydrogens (tertiary/aromatic N) is 1. The number of methoxy groups -OCH3 is 1. The molecule has 1 saturated carbocycles. The van der Waals surface area contributed by atoms with Crippen LogP contribution in [-0.4, -0.2) is 30.6 Å². The summed E-state index contributed by atoms with van der Waals surface area (Å²) in [6, 6.07) is 14.7. The van der Waals surface area contributed by atoms with Crippen molar-refractivity contribution in [1.29, 1.82) is 0 Å². The highest BCUT2D eigenvalue weighted by Gasteiger charge is 2.33. The minimum Gasteiger partial charge on any atom is -0.493 e. The Labute approximate surface area is 169 Å². The van der Waals surface area contributed by atoms with Crippen molar-refractivity contribution < 1.29 is 23.0 Å². The molecule has 29 heavy (non-hydrogen) atoms. The molecule has 2 aromatic carbocycles. The van der Waals surface area contributed by atoms with Gasteiger partial charge in [-0.2, -0.15) is 8.78 Å². The lowest BCUT2D eigenvalue weighted by molar-refractivity contribution is -0.129. The van der Waals surface area contributed by atoms with Gasteiger partial charge in [0.2, 0.25) is 5.91 Å². The van der Waals surface area contributed by atoms with E-state index in [-0.39, 0.29) is 23.4 Å². The van der Waals surface area contributed by atoms with Crippen molar-refractivity contribution in [2.45, 2.75) is 39.0 Å². The first-order valence-corrected chi connectivity index (χ1v) is 9.64. The number of benzene rings is 2. The smallest absolute Gasteiger partial charge is 0.387 e. The van der Waals surface area contributed by atoms with E-state index < -0.39 is 6.61 Å². The van der Waals surface area contributed by atoms with Crippen LogP contribution in [0.25, 0.3) is 6.08 Å². The second-order valence-electron chi connectivity index (χ2n) is 7.12. The van der Waals surface area contributed by atoms with Gasteiger partial charge in [-0.25, -0.2) is 0 Å². The van der Waals surface area contributed by atoms with E-state index in [0.717, 1.165) is 18.4 Å². The van der Waals surface area contributed by atoms with Gasteiger partial charge < -0.3 is 14.4 Å². The molecule has 1 atom stereocenters. The zero-order valence-corrected chi connectivity index (χ0v) is 16.6. The first-order valence-electron chi connectivity index (χ1n) is 9.64. The van der Waals surface area contributed by atoms with Gasteiger partial charge in [0.15, 0.2) is 11.5 Å². The van der Waals surface area contributed by atoms with Gasteiger partial charge in [-0.1, -0.05) is 42.5 Å². The fourth-order valence-electron chi connectivity index (χ4n) is 3.33. The highest BCUT2D eigenvalue weighted by Crippen LogP contribution is 2.36. The van der Waals surface area contributed by atoms with Crippen molar-refractivity contribution in [3.8, 4) is 11.5 Å². The topological polar surface area (TPSA) is 38.8 Å². The molecule has 1 aliphatic carbocycles. The fraction of sp³-hybridized carbons (Fsp3) is 0.348. The molecular weight excluding hydrogens is 376 g/mol. The third-order valence-electron chi connectivity index (χ3n) is 5.12. The van der Waals surface area contributed by atoms with Gasteiger partial charge in [0, 0.05) is 24.2 Å². The van der Waals surface area contributed by atoms with Crippen molar-refractivity contribution in [2.75, 3.05) is 7.11 Å². The molecule has 6 heteroatoms. The van der Waals surface area contributed by atoms with Crippen molar-refractivity contribution in [1.82, 2.24) is 4.90 Å². The Morgan fingerprint density at radius 1 is 1.17 bits per heavy atom. The molecule has 1 aliphatic rings. The Hall–Kier alpha value is -2.89.